The Kier molecular flexibility index (Phi) is 4.94. The highest BCUT2D eigenvalue weighted by molar-refractivity contribution is 5.63. The molecule has 29 heavy (non-hydrogen) atoms. The van der Waals surface area contributed by atoms with Crippen molar-refractivity contribution in [3.05, 3.63) is 46.5 Å². The second kappa shape index (κ2) is 7.70. The van der Waals surface area contributed by atoms with Crippen LogP contribution >= 0.6 is 0 Å². The Bertz CT molecular complexity index is 1030. The van der Waals surface area contributed by atoms with E-state index in [2.05, 4.69) is 30.7 Å². The summed E-state index contributed by atoms with van der Waals surface area (Å²) in [5.74, 6) is 1.78. The number of methoxy groups -OCH3 is 1. The summed E-state index contributed by atoms with van der Waals surface area (Å²) in [7, 11) is 1.57. The lowest BCUT2D eigenvalue weighted by atomic mass is 10.2. The third kappa shape index (κ3) is 4.08. The molecule has 1 atom stereocenters. The average molecular weight is 397 g/mol. The first-order valence-corrected chi connectivity index (χ1v) is 9.06. The fourth-order valence-corrected chi connectivity index (χ4v) is 2.71. The highest BCUT2D eigenvalue weighted by Gasteiger charge is 2.27. The minimum absolute atomic E-state index is 0.161. The number of hydrogen-bond donors (Lipinski definition) is 2. The molecule has 3 aromatic rings. The Morgan fingerprint density at radius 1 is 1.31 bits per heavy atom. The molecule has 1 aliphatic carbocycles. The Balaban J connectivity index is 1.53. The normalized spacial score (nSPS) is 14.3. The van der Waals surface area contributed by atoms with Crippen LogP contribution in [0, 0.1) is 10.1 Å². The van der Waals surface area contributed by atoms with E-state index in [9.17, 15) is 10.1 Å². The zero-order valence-corrected chi connectivity index (χ0v) is 15.8. The molecule has 1 aliphatic rings. The van der Waals surface area contributed by atoms with Crippen molar-refractivity contribution in [3.63, 3.8) is 0 Å². The molecule has 11 nitrogen and oxygen atoms in total. The number of benzene rings is 1. The number of ether oxygens (including phenoxy) is 1. The van der Waals surface area contributed by atoms with Gasteiger partial charge in [0.05, 0.1) is 17.6 Å². The van der Waals surface area contributed by atoms with Gasteiger partial charge in [0.15, 0.2) is 0 Å². The van der Waals surface area contributed by atoms with E-state index in [1.807, 2.05) is 24.3 Å². The molecule has 0 amide bonds. The molecule has 0 spiro atoms. The summed E-state index contributed by atoms with van der Waals surface area (Å²) < 4.78 is 10.7. The Morgan fingerprint density at radius 3 is 2.83 bits per heavy atom. The molecule has 4 rings (SSSR count). The van der Waals surface area contributed by atoms with Gasteiger partial charge in [0.2, 0.25) is 23.5 Å². The SMILES string of the molecule is COc1ccccc1-c1noc([C@@H](C)Nc2ncc([N+](=O)[O-])c(NC3CC3)n2)n1. The molecule has 11 heteroatoms. The predicted molar refractivity (Wildman–Crippen MR) is 104 cm³/mol. The first-order valence-electron chi connectivity index (χ1n) is 9.06. The number of rotatable bonds is 8. The maximum Gasteiger partial charge on any atom is 0.329 e. The van der Waals surface area contributed by atoms with E-state index < -0.39 is 11.0 Å². The van der Waals surface area contributed by atoms with Gasteiger partial charge in [0, 0.05) is 6.04 Å². The van der Waals surface area contributed by atoms with Gasteiger partial charge in [-0.05, 0) is 31.9 Å². The first-order chi connectivity index (χ1) is 14.0. The number of para-hydroxylation sites is 1. The molecule has 2 N–H and O–H groups in total. The van der Waals surface area contributed by atoms with Crippen LogP contribution in [0.5, 0.6) is 5.75 Å². The van der Waals surface area contributed by atoms with E-state index in [0.717, 1.165) is 12.8 Å². The van der Waals surface area contributed by atoms with Crippen molar-refractivity contribution < 1.29 is 14.2 Å². The quantitative estimate of drug-likeness (QED) is 0.430. The first kappa shape index (κ1) is 18.6. The lowest BCUT2D eigenvalue weighted by molar-refractivity contribution is -0.384. The summed E-state index contributed by atoms with van der Waals surface area (Å²) in [5, 5.41) is 21.3. The molecule has 2 aromatic heterocycles. The second-order valence-electron chi connectivity index (χ2n) is 6.63. The maximum absolute atomic E-state index is 11.2. The molecular weight excluding hydrogens is 378 g/mol. The summed E-state index contributed by atoms with van der Waals surface area (Å²) in [5.41, 5.74) is 0.547. The number of aromatic nitrogens is 4. The van der Waals surface area contributed by atoms with Gasteiger partial charge < -0.3 is 19.9 Å². The van der Waals surface area contributed by atoms with E-state index >= 15 is 0 Å². The van der Waals surface area contributed by atoms with Crippen molar-refractivity contribution in [3.8, 4) is 17.1 Å². The molecule has 0 aliphatic heterocycles. The van der Waals surface area contributed by atoms with Crippen molar-refractivity contribution in [1.82, 2.24) is 20.1 Å². The van der Waals surface area contributed by atoms with Crippen molar-refractivity contribution in [2.75, 3.05) is 17.7 Å². The van der Waals surface area contributed by atoms with Crippen LogP contribution in [0.2, 0.25) is 0 Å². The molecule has 1 saturated carbocycles. The second-order valence-corrected chi connectivity index (χ2v) is 6.63. The predicted octanol–water partition coefficient (Wildman–Crippen LogP) is 3.19. The van der Waals surface area contributed by atoms with E-state index in [1.165, 1.54) is 6.20 Å². The van der Waals surface area contributed by atoms with Gasteiger partial charge in [-0.25, -0.2) is 4.98 Å². The van der Waals surface area contributed by atoms with Crippen molar-refractivity contribution in [2.24, 2.45) is 0 Å². The Labute approximate surface area is 165 Å². The monoisotopic (exact) mass is 397 g/mol. The third-order valence-corrected chi connectivity index (χ3v) is 4.39. The number of nitrogens with one attached hydrogen (secondary N) is 2. The van der Waals surface area contributed by atoms with Crippen LogP contribution in [0.1, 0.15) is 31.7 Å². The summed E-state index contributed by atoms with van der Waals surface area (Å²) in [4.78, 5) is 23.4. The van der Waals surface area contributed by atoms with Crippen LogP contribution in [0.15, 0.2) is 35.0 Å². The zero-order valence-electron chi connectivity index (χ0n) is 15.8. The molecular formula is C18H19N7O4. The fraction of sp³-hybridized carbons (Fsp3) is 0.333. The van der Waals surface area contributed by atoms with Crippen molar-refractivity contribution in [1.29, 1.82) is 0 Å². The minimum Gasteiger partial charge on any atom is -0.496 e. The molecule has 0 unspecified atom stereocenters. The smallest absolute Gasteiger partial charge is 0.329 e. The van der Waals surface area contributed by atoms with Gasteiger partial charge in [0.1, 0.15) is 18.0 Å². The minimum atomic E-state index is -0.505. The van der Waals surface area contributed by atoms with Crippen LogP contribution in [-0.2, 0) is 0 Å². The van der Waals surface area contributed by atoms with E-state index in [1.54, 1.807) is 14.0 Å². The summed E-state index contributed by atoms with van der Waals surface area (Å²) in [6.07, 6.45) is 3.11. The van der Waals surface area contributed by atoms with E-state index in [0.29, 0.717) is 23.0 Å². The third-order valence-electron chi connectivity index (χ3n) is 4.39. The van der Waals surface area contributed by atoms with Gasteiger partial charge in [-0.15, -0.1) is 0 Å². The average Bonchev–Trinajstić information content (AvgIpc) is 3.39. The lowest BCUT2D eigenvalue weighted by Gasteiger charge is -2.11. The van der Waals surface area contributed by atoms with Gasteiger partial charge >= 0.3 is 5.69 Å². The Hall–Kier alpha value is -3.76. The summed E-state index contributed by atoms with van der Waals surface area (Å²) in [6, 6.07) is 7.16. The molecule has 0 radical (unpaired) electrons. The van der Waals surface area contributed by atoms with Crippen LogP contribution in [0.3, 0.4) is 0 Å². The van der Waals surface area contributed by atoms with Crippen molar-refractivity contribution in [2.45, 2.75) is 31.8 Å². The molecule has 0 bridgehead atoms. The molecule has 1 fully saturated rings. The van der Waals surface area contributed by atoms with E-state index in [4.69, 9.17) is 9.26 Å². The fourth-order valence-electron chi connectivity index (χ4n) is 2.71. The van der Waals surface area contributed by atoms with Gasteiger partial charge in [-0.2, -0.15) is 9.97 Å². The molecule has 1 aromatic carbocycles. The van der Waals surface area contributed by atoms with Gasteiger partial charge in [-0.3, -0.25) is 10.1 Å². The maximum atomic E-state index is 11.2. The molecule has 2 heterocycles. The van der Waals surface area contributed by atoms with Crippen LogP contribution in [0.25, 0.3) is 11.4 Å². The number of anilines is 2. The lowest BCUT2D eigenvalue weighted by Crippen LogP contribution is -2.13. The summed E-state index contributed by atoms with van der Waals surface area (Å²) in [6.45, 7) is 1.80. The van der Waals surface area contributed by atoms with Crippen LogP contribution in [-0.4, -0.2) is 38.2 Å². The van der Waals surface area contributed by atoms with Crippen LogP contribution in [0.4, 0.5) is 17.5 Å². The topological polar surface area (TPSA) is 141 Å². The zero-order chi connectivity index (χ0) is 20.4. The van der Waals surface area contributed by atoms with Gasteiger partial charge in [-0.1, -0.05) is 17.3 Å². The highest BCUT2D eigenvalue weighted by atomic mass is 16.6. The molecule has 0 saturated heterocycles. The van der Waals surface area contributed by atoms with Crippen molar-refractivity contribution >= 4 is 17.5 Å². The number of nitro groups is 1. The standard InChI is InChI=1S/C18H19N7O4/c1-10(17-22-15(24-29-17)12-5-3-4-6-14(12)28-2)20-18-19-9-13(25(26)27)16(23-18)21-11-7-8-11/h3-6,9-11H,7-8H2,1-2H3,(H2,19,20,21,23)/t10-/m1/s1. The molecule has 150 valence electrons. The van der Waals surface area contributed by atoms with Gasteiger partial charge in [0.25, 0.3) is 0 Å². The number of hydrogen-bond acceptors (Lipinski definition) is 10. The largest absolute Gasteiger partial charge is 0.496 e. The van der Waals surface area contributed by atoms with E-state index in [-0.39, 0.29) is 23.5 Å². The Morgan fingerprint density at radius 2 is 2.10 bits per heavy atom. The summed E-state index contributed by atoms with van der Waals surface area (Å²) >= 11 is 0. The highest BCUT2D eigenvalue weighted by Crippen LogP contribution is 2.31. The number of nitrogens with zero attached hydrogens (tertiary/aromatic N) is 5. The van der Waals surface area contributed by atoms with Crippen LogP contribution < -0.4 is 15.4 Å².